The molecule has 0 bridgehead atoms. The molecule has 0 spiro atoms. The standard InChI is InChI=1S/C21H33N/c1-16(2)14-21(22-6)19(5)15-18(4)17(3)12-13-20-10-8-7-9-11-20/h7-11,16,18,21-22H,3,5,12-15H2,1-2,4,6H3. The average molecular weight is 300 g/mol. The minimum Gasteiger partial charge on any atom is -0.313 e. The molecule has 1 aromatic rings. The summed E-state index contributed by atoms with van der Waals surface area (Å²) < 4.78 is 0. The Morgan fingerprint density at radius 1 is 1.05 bits per heavy atom. The molecule has 0 aliphatic rings. The van der Waals surface area contributed by atoms with Crippen LogP contribution in [0.4, 0.5) is 0 Å². The maximum Gasteiger partial charge on any atom is 0.0276 e. The molecule has 0 amide bonds. The van der Waals surface area contributed by atoms with Crippen LogP contribution in [-0.4, -0.2) is 13.1 Å². The van der Waals surface area contributed by atoms with Crippen molar-refractivity contribution in [2.75, 3.05) is 7.05 Å². The molecule has 122 valence electrons. The molecule has 0 saturated heterocycles. The van der Waals surface area contributed by atoms with Crippen LogP contribution in [0.1, 0.15) is 45.6 Å². The van der Waals surface area contributed by atoms with Crippen molar-refractivity contribution in [3.05, 3.63) is 60.2 Å². The van der Waals surface area contributed by atoms with Crippen molar-refractivity contribution in [2.45, 2.75) is 52.5 Å². The first-order chi connectivity index (χ1) is 10.4. The van der Waals surface area contributed by atoms with Crippen LogP contribution < -0.4 is 5.32 Å². The lowest BCUT2D eigenvalue weighted by Gasteiger charge is -2.24. The fourth-order valence-electron chi connectivity index (χ4n) is 2.84. The fraction of sp³-hybridized carbons (Fsp3) is 0.524. The van der Waals surface area contributed by atoms with Gasteiger partial charge < -0.3 is 5.32 Å². The number of hydrogen-bond donors (Lipinski definition) is 1. The second-order valence-electron chi connectivity index (χ2n) is 6.88. The molecule has 0 radical (unpaired) electrons. The molecule has 0 fully saturated rings. The van der Waals surface area contributed by atoms with Gasteiger partial charge in [-0.3, -0.25) is 0 Å². The van der Waals surface area contributed by atoms with Crippen molar-refractivity contribution in [2.24, 2.45) is 11.8 Å². The Morgan fingerprint density at radius 3 is 2.23 bits per heavy atom. The molecular weight excluding hydrogens is 266 g/mol. The summed E-state index contributed by atoms with van der Waals surface area (Å²) in [6.07, 6.45) is 4.33. The number of aryl methyl sites for hydroxylation is 1. The van der Waals surface area contributed by atoms with Crippen molar-refractivity contribution in [3.63, 3.8) is 0 Å². The van der Waals surface area contributed by atoms with Gasteiger partial charge in [-0.15, -0.1) is 0 Å². The minimum absolute atomic E-state index is 0.421. The van der Waals surface area contributed by atoms with Crippen molar-refractivity contribution in [1.82, 2.24) is 5.32 Å². The lowest BCUT2D eigenvalue weighted by atomic mass is 9.87. The lowest BCUT2D eigenvalue weighted by molar-refractivity contribution is 0.464. The number of allylic oxidation sites excluding steroid dienone is 1. The number of benzene rings is 1. The van der Waals surface area contributed by atoms with Crippen molar-refractivity contribution >= 4 is 0 Å². The second-order valence-corrected chi connectivity index (χ2v) is 6.88. The Kier molecular flexibility index (Phi) is 8.19. The normalized spacial score (nSPS) is 13.9. The Bertz CT molecular complexity index is 458. The molecule has 2 unspecified atom stereocenters. The van der Waals surface area contributed by atoms with Gasteiger partial charge >= 0.3 is 0 Å². The average Bonchev–Trinajstić information content (AvgIpc) is 2.50. The van der Waals surface area contributed by atoms with E-state index in [1.807, 2.05) is 7.05 Å². The van der Waals surface area contributed by atoms with Crippen LogP contribution in [0.5, 0.6) is 0 Å². The maximum atomic E-state index is 4.32. The van der Waals surface area contributed by atoms with Crippen LogP contribution in [0.15, 0.2) is 54.6 Å². The van der Waals surface area contributed by atoms with E-state index < -0.39 is 0 Å². The van der Waals surface area contributed by atoms with Crippen LogP contribution in [0.2, 0.25) is 0 Å². The largest absolute Gasteiger partial charge is 0.313 e. The monoisotopic (exact) mass is 299 g/mol. The first kappa shape index (κ1) is 18.7. The molecule has 1 aromatic carbocycles. The Morgan fingerprint density at radius 2 is 1.68 bits per heavy atom. The summed E-state index contributed by atoms with van der Waals surface area (Å²) in [6.45, 7) is 15.4. The summed E-state index contributed by atoms with van der Waals surface area (Å²) in [6, 6.07) is 11.1. The lowest BCUT2D eigenvalue weighted by Crippen LogP contribution is -2.29. The number of hydrogen-bond acceptors (Lipinski definition) is 1. The highest BCUT2D eigenvalue weighted by Gasteiger charge is 2.16. The van der Waals surface area contributed by atoms with Crippen molar-refractivity contribution < 1.29 is 0 Å². The van der Waals surface area contributed by atoms with Gasteiger partial charge in [-0.05, 0) is 50.1 Å². The molecule has 1 nitrogen and oxygen atoms in total. The summed E-state index contributed by atoms with van der Waals surface area (Å²) in [5, 5.41) is 3.41. The van der Waals surface area contributed by atoms with E-state index in [1.165, 1.54) is 16.7 Å². The molecule has 1 rings (SSSR count). The molecular formula is C21H33N. The molecule has 22 heavy (non-hydrogen) atoms. The first-order valence-electron chi connectivity index (χ1n) is 8.50. The highest BCUT2D eigenvalue weighted by molar-refractivity contribution is 5.17. The predicted molar refractivity (Wildman–Crippen MR) is 99.1 cm³/mol. The minimum atomic E-state index is 0.421. The fourth-order valence-corrected chi connectivity index (χ4v) is 2.84. The Balaban J connectivity index is 2.44. The van der Waals surface area contributed by atoms with Crippen LogP contribution in [-0.2, 0) is 6.42 Å². The van der Waals surface area contributed by atoms with Gasteiger partial charge in [-0.2, -0.15) is 0 Å². The maximum absolute atomic E-state index is 4.32. The van der Waals surface area contributed by atoms with E-state index in [1.54, 1.807) is 0 Å². The molecule has 1 N–H and O–H groups in total. The van der Waals surface area contributed by atoms with Gasteiger partial charge in [0.25, 0.3) is 0 Å². The van der Waals surface area contributed by atoms with Gasteiger partial charge in [0.05, 0.1) is 0 Å². The van der Waals surface area contributed by atoms with E-state index in [9.17, 15) is 0 Å². The Labute approximate surface area is 137 Å². The van der Waals surface area contributed by atoms with Crippen molar-refractivity contribution in [3.8, 4) is 0 Å². The Hall–Kier alpha value is -1.34. The van der Waals surface area contributed by atoms with Crippen LogP contribution >= 0.6 is 0 Å². The SMILES string of the molecule is C=C(CCc1ccccc1)C(C)CC(=C)C(CC(C)C)NC. The third kappa shape index (κ3) is 6.62. The van der Waals surface area contributed by atoms with Gasteiger partial charge in [-0.25, -0.2) is 0 Å². The quantitative estimate of drug-likeness (QED) is 0.571. The first-order valence-corrected chi connectivity index (χ1v) is 8.50. The van der Waals surface area contributed by atoms with Crippen LogP contribution in [0, 0.1) is 11.8 Å². The van der Waals surface area contributed by atoms with E-state index in [0.717, 1.165) is 25.7 Å². The van der Waals surface area contributed by atoms with E-state index in [0.29, 0.717) is 17.9 Å². The number of likely N-dealkylation sites (N-methyl/N-ethyl adjacent to an activating group) is 1. The zero-order valence-electron chi connectivity index (χ0n) is 14.9. The van der Waals surface area contributed by atoms with E-state index >= 15 is 0 Å². The third-order valence-electron chi connectivity index (χ3n) is 4.39. The summed E-state index contributed by atoms with van der Waals surface area (Å²) in [5.41, 5.74) is 4.04. The van der Waals surface area contributed by atoms with E-state index in [2.05, 4.69) is 69.6 Å². The van der Waals surface area contributed by atoms with Crippen LogP contribution in [0.25, 0.3) is 0 Å². The van der Waals surface area contributed by atoms with Gasteiger partial charge in [-0.1, -0.05) is 75.4 Å². The van der Waals surface area contributed by atoms with E-state index in [4.69, 9.17) is 0 Å². The zero-order chi connectivity index (χ0) is 16.5. The zero-order valence-corrected chi connectivity index (χ0v) is 14.9. The predicted octanol–water partition coefficient (Wildman–Crippen LogP) is 5.39. The summed E-state index contributed by atoms with van der Waals surface area (Å²) in [7, 11) is 2.03. The molecule has 0 saturated carbocycles. The topological polar surface area (TPSA) is 12.0 Å². The third-order valence-corrected chi connectivity index (χ3v) is 4.39. The molecule has 0 aliphatic carbocycles. The number of nitrogens with one attached hydrogen (secondary N) is 1. The van der Waals surface area contributed by atoms with Gasteiger partial charge in [0.2, 0.25) is 0 Å². The molecule has 0 aliphatic heterocycles. The molecule has 1 heteroatoms. The summed E-state index contributed by atoms with van der Waals surface area (Å²) in [4.78, 5) is 0. The highest BCUT2D eigenvalue weighted by atomic mass is 14.9. The van der Waals surface area contributed by atoms with Crippen LogP contribution in [0.3, 0.4) is 0 Å². The molecule has 2 atom stereocenters. The smallest absolute Gasteiger partial charge is 0.0276 e. The summed E-state index contributed by atoms with van der Waals surface area (Å²) in [5.74, 6) is 1.19. The van der Waals surface area contributed by atoms with Crippen molar-refractivity contribution in [1.29, 1.82) is 0 Å². The van der Waals surface area contributed by atoms with E-state index in [-0.39, 0.29) is 0 Å². The molecule has 0 aromatic heterocycles. The van der Waals surface area contributed by atoms with Gasteiger partial charge in [0.15, 0.2) is 0 Å². The number of rotatable bonds is 10. The summed E-state index contributed by atoms with van der Waals surface area (Å²) >= 11 is 0. The highest BCUT2D eigenvalue weighted by Crippen LogP contribution is 2.25. The van der Waals surface area contributed by atoms with Gasteiger partial charge in [0, 0.05) is 6.04 Å². The van der Waals surface area contributed by atoms with Gasteiger partial charge in [0.1, 0.15) is 0 Å². The second kappa shape index (κ2) is 9.63. The molecule has 0 heterocycles.